The Balaban J connectivity index is 2.12. The highest BCUT2D eigenvalue weighted by Gasteiger charge is 2.39. The molecule has 0 amide bonds. The van der Waals surface area contributed by atoms with E-state index in [0.29, 0.717) is 5.42 Å². The second-order valence-electron chi connectivity index (χ2n) is 9.57. The van der Waals surface area contributed by atoms with Gasteiger partial charge in [-0.05, 0) is 28.0 Å². The lowest BCUT2D eigenvalue weighted by Gasteiger charge is -2.34. The molecule has 0 aliphatic carbocycles. The maximum absolute atomic E-state index is 14.6. The predicted octanol–water partition coefficient (Wildman–Crippen LogP) is 5.02. The molecule has 4 aromatic carbocycles. The van der Waals surface area contributed by atoms with Crippen molar-refractivity contribution in [1.82, 2.24) is 15.0 Å². The Labute approximate surface area is 206 Å². The third-order valence-electron chi connectivity index (χ3n) is 6.18. The molecule has 0 saturated carbocycles. The van der Waals surface area contributed by atoms with Crippen LogP contribution in [0.25, 0.3) is 11.0 Å². The molecule has 0 spiro atoms. The molecule has 35 heavy (non-hydrogen) atoms. The highest BCUT2D eigenvalue weighted by molar-refractivity contribution is 7.96. The van der Waals surface area contributed by atoms with Gasteiger partial charge in [-0.1, -0.05) is 129 Å². The van der Waals surface area contributed by atoms with Gasteiger partial charge >= 0.3 is 0 Å². The number of hydrogen-bond acceptors (Lipinski definition) is 3. The summed E-state index contributed by atoms with van der Waals surface area (Å²) in [5, 5.41) is 12.4. The largest absolute Gasteiger partial charge is 0.292 e. The van der Waals surface area contributed by atoms with Gasteiger partial charge in [0.2, 0.25) is 0 Å². The van der Waals surface area contributed by atoms with Crippen LogP contribution in [0.1, 0.15) is 20.8 Å². The molecule has 0 bridgehead atoms. The minimum absolute atomic E-state index is 0.0537. The van der Waals surface area contributed by atoms with Gasteiger partial charge in [-0.2, -0.15) is 0 Å². The van der Waals surface area contributed by atoms with E-state index in [1.807, 2.05) is 67.9 Å². The number of rotatable bonds is 5. The maximum Gasteiger partial charge on any atom is 0.187 e. The second kappa shape index (κ2) is 9.13. The van der Waals surface area contributed by atoms with Crippen molar-refractivity contribution in [2.75, 3.05) is 0 Å². The van der Waals surface area contributed by atoms with E-state index in [4.69, 9.17) is 0 Å². The first-order chi connectivity index (χ1) is 16.9. The van der Waals surface area contributed by atoms with E-state index in [9.17, 15) is 4.79 Å². The fraction of sp³-hybridized carbons (Fsp3) is 0.133. The van der Waals surface area contributed by atoms with Gasteiger partial charge in [-0.25, -0.2) is 4.68 Å². The molecule has 0 atom stereocenters. The third-order valence-corrected chi connectivity index (χ3v) is 10.4. The number of hydrogen-bond donors (Lipinski definition) is 0. The molecular formula is C30H28N3OP. The van der Waals surface area contributed by atoms with E-state index in [1.54, 1.807) is 0 Å². The van der Waals surface area contributed by atoms with Crippen molar-refractivity contribution in [3.63, 3.8) is 0 Å². The van der Waals surface area contributed by atoms with Crippen molar-refractivity contribution < 1.29 is 4.79 Å². The number of aromatic nitrogens is 3. The van der Waals surface area contributed by atoms with Crippen LogP contribution in [0.3, 0.4) is 0 Å². The monoisotopic (exact) mass is 477 g/mol. The summed E-state index contributed by atoms with van der Waals surface area (Å²) in [4.78, 5) is 14.6. The first-order valence-electron chi connectivity index (χ1n) is 11.7. The summed E-state index contributed by atoms with van der Waals surface area (Å²) in [6.07, 6.45) is 0. The molecule has 5 aromatic rings. The third kappa shape index (κ3) is 3.94. The van der Waals surface area contributed by atoms with Gasteiger partial charge in [0.25, 0.3) is 0 Å². The number of nitrogens with zero attached hydrogens (tertiary/aromatic N) is 3. The molecule has 0 unspecified atom stereocenters. The Morgan fingerprint density at radius 2 is 1.09 bits per heavy atom. The van der Waals surface area contributed by atoms with Crippen molar-refractivity contribution in [2.24, 2.45) is 5.41 Å². The normalized spacial score (nSPS) is 12.0. The van der Waals surface area contributed by atoms with Crippen LogP contribution in [-0.2, 0) is 4.79 Å². The smallest absolute Gasteiger partial charge is 0.187 e. The highest BCUT2D eigenvalue weighted by Crippen LogP contribution is 2.48. The van der Waals surface area contributed by atoms with Gasteiger partial charge in [0, 0.05) is 12.3 Å². The summed E-state index contributed by atoms with van der Waals surface area (Å²) in [6.45, 7) is 3.25. The highest BCUT2D eigenvalue weighted by atomic mass is 31.2. The fourth-order valence-electron chi connectivity index (χ4n) is 4.52. The summed E-state index contributed by atoms with van der Waals surface area (Å²) in [6, 6.07) is 39.0. The van der Waals surface area contributed by atoms with E-state index in [1.165, 1.54) is 0 Å². The molecule has 0 N–H and O–H groups in total. The Kier molecular flexibility index (Phi) is 6.00. The molecule has 0 radical (unpaired) electrons. The molecule has 0 aliphatic rings. The average molecular weight is 478 g/mol. The molecule has 174 valence electrons. The quantitative estimate of drug-likeness (QED) is 0.334. The van der Waals surface area contributed by atoms with Crippen molar-refractivity contribution >= 4 is 45.0 Å². The lowest BCUT2D eigenvalue weighted by molar-refractivity contribution is -0.119. The van der Waals surface area contributed by atoms with Crippen LogP contribution in [0.15, 0.2) is 115 Å². The number of carbonyl (C=O) groups excluding carboxylic acids is 1. The summed E-state index contributed by atoms with van der Waals surface area (Å²) >= 11 is 0. The number of Topliss-reactive ketones (excluding diaryl/α,β-unsaturated/α-hetero) is 1. The molecule has 5 rings (SSSR count). The number of fused-ring (bicyclic) bond motifs is 1. The van der Waals surface area contributed by atoms with Crippen LogP contribution in [0, 0.1) is 5.41 Å². The van der Waals surface area contributed by atoms with Gasteiger partial charge in [-0.3, -0.25) is 4.79 Å². The van der Waals surface area contributed by atoms with E-state index in [2.05, 4.69) is 83.1 Å². The minimum atomic E-state index is -2.68. The number of para-hydroxylation sites is 1. The molecule has 0 fully saturated rings. The lowest BCUT2D eigenvalue weighted by Crippen LogP contribution is -2.41. The molecule has 1 aromatic heterocycles. The number of ketones is 1. The summed E-state index contributed by atoms with van der Waals surface area (Å²) in [7, 11) is 0. The van der Waals surface area contributed by atoms with Crippen LogP contribution in [0.4, 0.5) is 0 Å². The van der Waals surface area contributed by atoms with Gasteiger partial charge in [0.05, 0.1) is 5.52 Å². The molecule has 1 heterocycles. The first kappa shape index (κ1) is 23.0. The van der Waals surface area contributed by atoms with Crippen LogP contribution < -0.4 is 15.9 Å². The van der Waals surface area contributed by atoms with E-state index in [0.717, 1.165) is 26.9 Å². The molecule has 4 nitrogen and oxygen atoms in total. The summed E-state index contributed by atoms with van der Waals surface area (Å²) in [5.41, 5.74) is 1.62. The van der Waals surface area contributed by atoms with Crippen molar-refractivity contribution in [2.45, 2.75) is 20.8 Å². The zero-order chi connectivity index (χ0) is 24.5. The number of benzene rings is 4. The van der Waals surface area contributed by atoms with Gasteiger partial charge < -0.3 is 0 Å². The fourth-order valence-corrected chi connectivity index (χ4v) is 9.08. The Morgan fingerprint density at radius 1 is 0.657 bits per heavy atom. The average Bonchev–Trinajstić information content (AvgIpc) is 3.31. The zero-order valence-corrected chi connectivity index (χ0v) is 21.1. The van der Waals surface area contributed by atoms with Crippen molar-refractivity contribution in [3.8, 4) is 0 Å². The molecular weight excluding hydrogens is 449 g/mol. The predicted molar refractivity (Wildman–Crippen MR) is 148 cm³/mol. The summed E-state index contributed by atoms with van der Waals surface area (Å²) in [5.74, 6) is 0.0537. The van der Waals surface area contributed by atoms with Crippen LogP contribution in [0.2, 0.25) is 0 Å². The van der Waals surface area contributed by atoms with Crippen LogP contribution in [0.5, 0.6) is 0 Å². The van der Waals surface area contributed by atoms with E-state index in [-0.39, 0.29) is 5.78 Å². The topological polar surface area (TPSA) is 47.8 Å². The van der Waals surface area contributed by atoms with Crippen LogP contribution in [-0.4, -0.2) is 26.2 Å². The van der Waals surface area contributed by atoms with Crippen molar-refractivity contribution in [1.29, 1.82) is 0 Å². The first-order valence-corrected chi connectivity index (χ1v) is 13.5. The van der Waals surface area contributed by atoms with Gasteiger partial charge in [-0.15, -0.1) is 5.10 Å². The Bertz CT molecular complexity index is 1430. The molecule has 5 heteroatoms. The SMILES string of the molecule is CC(C)(C)C(=O)C(n1nnc2ccccc21)=P(c1ccccc1)(c1ccccc1)c1ccccc1. The zero-order valence-electron chi connectivity index (χ0n) is 20.2. The standard InChI is InChI=1S/C30H28N3OP/c1-30(2,3)28(34)29(33-27-22-14-13-21-26(27)31-32-33)35(23-15-7-4-8-16-23,24-17-9-5-10-18-24)25-19-11-6-12-20-25/h4-22H,1-3H3. The lowest BCUT2D eigenvalue weighted by atomic mass is 9.91. The molecule has 0 aliphatic heterocycles. The molecule has 0 saturated heterocycles. The van der Waals surface area contributed by atoms with Gasteiger partial charge in [0.15, 0.2) is 5.78 Å². The van der Waals surface area contributed by atoms with Crippen molar-refractivity contribution in [3.05, 3.63) is 115 Å². The minimum Gasteiger partial charge on any atom is -0.292 e. The second-order valence-corrected chi connectivity index (χ2v) is 12.9. The van der Waals surface area contributed by atoms with E-state index < -0.39 is 12.3 Å². The number of carbonyl (C=O) groups is 1. The van der Waals surface area contributed by atoms with E-state index >= 15 is 0 Å². The van der Waals surface area contributed by atoms with Crippen LogP contribution >= 0.6 is 6.89 Å². The maximum atomic E-state index is 14.6. The Hall–Kier alpha value is -3.75. The Morgan fingerprint density at radius 3 is 1.54 bits per heavy atom. The van der Waals surface area contributed by atoms with Gasteiger partial charge in [0.1, 0.15) is 10.9 Å². The summed E-state index contributed by atoms with van der Waals surface area (Å²) < 4.78 is 1.81.